The molecule has 0 aliphatic carbocycles. The summed E-state index contributed by atoms with van der Waals surface area (Å²) >= 11 is 0. The zero-order chi connectivity index (χ0) is 15.7. The number of aryl methyl sites for hydroxylation is 3. The Hall–Kier alpha value is -1.86. The number of hydrogen-bond donors (Lipinski definition) is 0. The molecule has 3 rings (SSSR count). The summed E-state index contributed by atoms with van der Waals surface area (Å²) in [5, 5.41) is 0. The van der Waals surface area contributed by atoms with Crippen molar-refractivity contribution >= 4 is 0 Å². The summed E-state index contributed by atoms with van der Waals surface area (Å²) in [5.41, 5.74) is 5.89. The van der Waals surface area contributed by atoms with E-state index in [4.69, 9.17) is 4.74 Å². The maximum absolute atomic E-state index is 5.19. The molecule has 0 bridgehead atoms. The van der Waals surface area contributed by atoms with E-state index in [2.05, 4.69) is 48.5 Å². The number of methoxy groups -OCH3 is 1. The maximum atomic E-state index is 5.19. The Kier molecular flexibility index (Phi) is 5.43. The third kappa shape index (κ3) is 3.40. The predicted octanol–water partition coefficient (Wildman–Crippen LogP) is 4.27. The summed E-state index contributed by atoms with van der Waals surface area (Å²) in [7, 11) is 1.66. The maximum Gasteiger partial charge on any atom is 0.0647 e. The molecule has 0 radical (unpaired) electrons. The number of ether oxygens (including phenoxy) is 1. The minimum Gasteiger partial charge on any atom is -0.540 e. The van der Waals surface area contributed by atoms with Crippen LogP contribution in [-0.4, -0.2) is 16.7 Å². The van der Waals surface area contributed by atoms with Crippen LogP contribution in [0.15, 0.2) is 42.7 Å². The van der Waals surface area contributed by atoms with Gasteiger partial charge in [-0.25, -0.2) is 0 Å². The van der Waals surface area contributed by atoms with Crippen molar-refractivity contribution in [2.75, 3.05) is 7.11 Å². The van der Waals surface area contributed by atoms with Crippen LogP contribution >= 0.6 is 0 Å². The monoisotopic (exact) mass is 486 g/mol. The van der Waals surface area contributed by atoms with Gasteiger partial charge in [0.05, 0.1) is 12.9 Å². The van der Waals surface area contributed by atoms with Gasteiger partial charge in [0.1, 0.15) is 0 Å². The molecule has 0 saturated carbocycles. The summed E-state index contributed by atoms with van der Waals surface area (Å²) in [6, 6.07) is 13.4. The topological polar surface area (TPSA) is 27.1 Å². The molecule has 23 heavy (non-hydrogen) atoms. The van der Waals surface area contributed by atoms with Gasteiger partial charge in [0.2, 0.25) is 0 Å². The Bertz CT molecular complexity index is 783. The first kappa shape index (κ1) is 17.5. The van der Waals surface area contributed by atoms with Crippen molar-refractivity contribution in [2.24, 2.45) is 0 Å². The van der Waals surface area contributed by atoms with E-state index < -0.39 is 0 Å². The Morgan fingerprint density at radius 1 is 1.09 bits per heavy atom. The molecule has 0 aliphatic rings. The smallest absolute Gasteiger partial charge is 0.0647 e. The van der Waals surface area contributed by atoms with Gasteiger partial charge in [0.25, 0.3) is 0 Å². The zero-order valence-electron chi connectivity index (χ0n) is 13.7. The first-order valence-corrected chi connectivity index (χ1v) is 7.28. The number of nitrogens with zero attached hydrogens (tertiary/aromatic N) is 2. The molecule has 0 saturated heterocycles. The second kappa shape index (κ2) is 7.14. The third-order valence-corrected chi connectivity index (χ3v) is 3.78. The average molecular weight is 486 g/mol. The molecule has 122 valence electrons. The molecule has 0 N–H and O–H groups in total. The van der Waals surface area contributed by atoms with Crippen LogP contribution in [0.3, 0.4) is 0 Å². The van der Waals surface area contributed by atoms with Crippen molar-refractivity contribution in [3.05, 3.63) is 65.5 Å². The minimum atomic E-state index is 0. The number of benzene rings is 2. The SMILES string of the molecule is COc1c[c-]c(-c2nccn2-c2c(C)cc(C)cc2C)cc1.[Pt]. The second-order valence-corrected chi connectivity index (χ2v) is 5.51. The van der Waals surface area contributed by atoms with Gasteiger partial charge in [-0.2, -0.15) is 0 Å². The predicted molar refractivity (Wildman–Crippen MR) is 88.6 cm³/mol. The molecule has 0 amide bonds. The van der Waals surface area contributed by atoms with E-state index in [1.807, 2.05) is 30.6 Å². The van der Waals surface area contributed by atoms with Gasteiger partial charge in [-0.1, -0.05) is 17.7 Å². The molecule has 0 spiro atoms. The first-order valence-electron chi connectivity index (χ1n) is 7.28. The van der Waals surface area contributed by atoms with E-state index in [1.54, 1.807) is 7.11 Å². The minimum absolute atomic E-state index is 0. The molecule has 1 heterocycles. The van der Waals surface area contributed by atoms with Crippen LogP contribution in [0.5, 0.6) is 5.75 Å². The van der Waals surface area contributed by atoms with Crippen LogP contribution in [-0.2, 0) is 21.1 Å². The first-order chi connectivity index (χ1) is 10.6. The van der Waals surface area contributed by atoms with Crippen LogP contribution in [0.4, 0.5) is 0 Å². The van der Waals surface area contributed by atoms with E-state index in [9.17, 15) is 0 Å². The summed E-state index contributed by atoms with van der Waals surface area (Å²) in [6.07, 6.45) is 3.82. The molecule has 2 aromatic carbocycles. The van der Waals surface area contributed by atoms with Gasteiger partial charge in [-0.05, 0) is 31.9 Å². The van der Waals surface area contributed by atoms with Crippen LogP contribution in [0, 0.1) is 26.8 Å². The number of imidazole rings is 1. The fraction of sp³-hybridized carbons (Fsp3) is 0.211. The van der Waals surface area contributed by atoms with Crippen LogP contribution in [0.2, 0.25) is 0 Å². The van der Waals surface area contributed by atoms with Crippen LogP contribution < -0.4 is 4.74 Å². The number of hydrogen-bond acceptors (Lipinski definition) is 2. The molecular weight excluding hydrogens is 467 g/mol. The van der Waals surface area contributed by atoms with Crippen LogP contribution in [0.25, 0.3) is 17.1 Å². The zero-order valence-corrected chi connectivity index (χ0v) is 15.9. The van der Waals surface area contributed by atoms with Gasteiger partial charge >= 0.3 is 0 Å². The fourth-order valence-electron chi connectivity index (χ4n) is 2.91. The van der Waals surface area contributed by atoms with E-state index in [-0.39, 0.29) is 21.1 Å². The summed E-state index contributed by atoms with van der Waals surface area (Å²) in [4.78, 5) is 4.51. The van der Waals surface area contributed by atoms with Crippen molar-refractivity contribution in [1.29, 1.82) is 0 Å². The largest absolute Gasteiger partial charge is 0.540 e. The number of aromatic nitrogens is 2. The quantitative estimate of drug-likeness (QED) is 0.517. The summed E-state index contributed by atoms with van der Waals surface area (Å²) in [6.45, 7) is 6.39. The van der Waals surface area contributed by atoms with Crippen molar-refractivity contribution in [1.82, 2.24) is 9.55 Å². The summed E-state index contributed by atoms with van der Waals surface area (Å²) in [5.74, 6) is 1.68. The molecule has 0 aliphatic heterocycles. The molecule has 0 atom stereocenters. The summed E-state index contributed by atoms with van der Waals surface area (Å²) < 4.78 is 7.32. The molecule has 3 nitrogen and oxygen atoms in total. The van der Waals surface area contributed by atoms with Crippen LogP contribution in [0.1, 0.15) is 16.7 Å². The van der Waals surface area contributed by atoms with Gasteiger partial charge < -0.3 is 9.30 Å². The van der Waals surface area contributed by atoms with E-state index >= 15 is 0 Å². The van der Waals surface area contributed by atoms with Crippen molar-refractivity contribution in [3.63, 3.8) is 0 Å². The van der Waals surface area contributed by atoms with Gasteiger partial charge in [-0.3, -0.25) is 4.98 Å². The third-order valence-electron chi connectivity index (χ3n) is 3.78. The van der Waals surface area contributed by atoms with Gasteiger partial charge in [0, 0.05) is 44.9 Å². The van der Waals surface area contributed by atoms with Crippen molar-refractivity contribution in [2.45, 2.75) is 20.8 Å². The molecule has 3 aromatic rings. The van der Waals surface area contributed by atoms with E-state index in [0.717, 1.165) is 17.1 Å². The van der Waals surface area contributed by atoms with Gasteiger partial charge in [-0.15, -0.1) is 29.8 Å². The normalized spacial score (nSPS) is 10.3. The molecule has 1 aromatic heterocycles. The Morgan fingerprint density at radius 2 is 1.78 bits per heavy atom. The van der Waals surface area contributed by atoms with Gasteiger partial charge in [0.15, 0.2) is 0 Å². The Balaban J connectivity index is 0.00000192. The van der Waals surface area contributed by atoms with E-state index in [1.165, 1.54) is 22.4 Å². The van der Waals surface area contributed by atoms with Crippen molar-refractivity contribution < 1.29 is 25.8 Å². The molecule has 0 unspecified atom stereocenters. The number of rotatable bonds is 3. The Morgan fingerprint density at radius 3 is 2.35 bits per heavy atom. The fourth-order valence-corrected chi connectivity index (χ4v) is 2.91. The standard InChI is InChI=1S/C19H19N2O.Pt/c1-13-11-14(2)18(15(3)12-13)21-10-9-20-19(21)16-5-7-17(22-4)8-6-16;/h5,7-12H,1-4H3;/q-1;. The molecular formula is C19H19N2OPt-. The van der Waals surface area contributed by atoms with Crippen molar-refractivity contribution in [3.8, 4) is 22.8 Å². The van der Waals surface area contributed by atoms with E-state index in [0.29, 0.717) is 0 Å². The molecule has 0 fully saturated rings. The average Bonchev–Trinajstić information content (AvgIpc) is 2.95. The second-order valence-electron chi connectivity index (χ2n) is 5.51. The Labute approximate surface area is 151 Å². The molecule has 4 heteroatoms.